The van der Waals surface area contributed by atoms with Crippen LogP contribution < -0.4 is 5.32 Å². The molecule has 2 aliphatic rings. The predicted octanol–water partition coefficient (Wildman–Crippen LogP) is 5.69. The minimum absolute atomic E-state index is 0.571. The summed E-state index contributed by atoms with van der Waals surface area (Å²) in [6.45, 7) is 5.67. The third kappa shape index (κ3) is 3.15. The van der Waals surface area contributed by atoms with Crippen molar-refractivity contribution >= 4 is 27.3 Å². The maximum Gasteiger partial charge on any atom is 0.0704 e. The first kappa shape index (κ1) is 15.1. The van der Waals surface area contributed by atoms with Crippen LogP contribution in [0.3, 0.4) is 0 Å². The number of thiophene rings is 1. The number of hydrogen-bond donors (Lipinski definition) is 1. The van der Waals surface area contributed by atoms with Gasteiger partial charge in [0.25, 0.3) is 0 Å². The molecule has 112 valence electrons. The summed E-state index contributed by atoms with van der Waals surface area (Å²) in [6.07, 6.45) is 8.61. The number of fused-ring (bicyclic) bond motifs is 2. The maximum atomic E-state index is 3.81. The second-order valence-electron chi connectivity index (χ2n) is 6.74. The Morgan fingerprint density at radius 1 is 1.40 bits per heavy atom. The molecule has 2 aliphatic carbocycles. The van der Waals surface area contributed by atoms with Gasteiger partial charge in [-0.1, -0.05) is 13.3 Å². The molecule has 3 rings (SSSR count). The van der Waals surface area contributed by atoms with Crippen LogP contribution in [0.4, 0.5) is 0 Å². The topological polar surface area (TPSA) is 12.0 Å². The van der Waals surface area contributed by atoms with E-state index in [9.17, 15) is 0 Å². The first-order valence-electron chi connectivity index (χ1n) is 8.16. The normalized spacial score (nSPS) is 30.1. The lowest BCUT2D eigenvalue weighted by molar-refractivity contribution is 0.279. The predicted molar refractivity (Wildman–Crippen MR) is 91.3 cm³/mol. The van der Waals surface area contributed by atoms with E-state index in [0.29, 0.717) is 6.04 Å². The summed E-state index contributed by atoms with van der Waals surface area (Å²) in [4.78, 5) is 1.48. The van der Waals surface area contributed by atoms with E-state index in [4.69, 9.17) is 0 Å². The van der Waals surface area contributed by atoms with Gasteiger partial charge in [0.2, 0.25) is 0 Å². The van der Waals surface area contributed by atoms with Crippen LogP contribution >= 0.6 is 27.3 Å². The van der Waals surface area contributed by atoms with Gasteiger partial charge in [-0.3, -0.25) is 0 Å². The van der Waals surface area contributed by atoms with Gasteiger partial charge in [0.05, 0.1) is 3.79 Å². The molecule has 1 aromatic heterocycles. The van der Waals surface area contributed by atoms with Crippen LogP contribution in [0.5, 0.6) is 0 Å². The minimum Gasteiger partial charge on any atom is -0.310 e. The van der Waals surface area contributed by atoms with Crippen LogP contribution in [0.2, 0.25) is 0 Å². The van der Waals surface area contributed by atoms with Crippen LogP contribution in [0, 0.1) is 24.7 Å². The van der Waals surface area contributed by atoms with E-state index in [-0.39, 0.29) is 0 Å². The molecule has 4 unspecified atom stereocenters. The SMILES string of the molecule is CCCNC(CC1CC2CCC1C2)c1cc(Br)sc1C. The zero-order valence-electron chi connectivity index (χ0n) is 12.6. The van der Waals surface area contributed by atoms with E-state index in [2.05, 4.69) is 41.2 Å². The molecule has 2 saturated carbocycles. The number of nitrogens with one attached hydrogen (secondary N) is 1. The number of rotatable bonds is 6. The van der Waals surface area contributed by atoms with E-state index in [1.807, 2.05) is 11.3 Å². The zero-order valence-corrected chi connectivity index (χ0v) is 15.0. The Labute approximate surface area is 135 Å². The zero-order chi connectivity index (χ0) is 14.1. The van der Waals surface area contributed by atoms with Gasteiger partial charge in [0, 0.05) is 10.9 Å². The first-order valence-corrected chi connectivity index (χ1v) is 9.77. The van der Waals surface area contributed by atoms with Crippen molar-refractivity contribution in [3.63, 3.8) is 0 Å². The standard InChI is InChI=1S/C17H26BrNS/c1-3-6-19-16(15-10-17(18)20-11(15)2)9-14-8-12-4-5-13(14)7-12/h10,12-14,16,19H,3-9H2,1-2H3. The van der Waals surface area contributed by atoms with Crippen LogP contribution in [0.25, 0.3) is 0 Å². The van der Waals surface area contributed by atoms with E-state index < -0.39 is 0 Å². The Kier molecular flexibility index (Phi) is 4.89. The molecule has 1 nitrogen and oxygen atoms in total. The van der Waals surface area contributed by atoms with Gasteiger partial charge in [-0.15, -0.1) is 11.3 Å². The van der Waals surface area contributed by atoms with Crippen molar-refractivity contribution in [3.05, 3.63) is 20.3 Å². The highest BCUT2D eigenvalue weighted by Gasteiger charge is 2.40. The number of aryl methyl sites for hydroxylation is 1. The molecule has 0 saturated heterocycles. The van der Waals surface area contributed by atoms with Crippen molar-refractivity contribution in [2.24, 2.45) is 17.8 Å². The van der Waals surface area contributed by atoms with Crippen molar-refractivity contribution in [2.75, 3.05) is 6.54 Å². The van der Waals surface area contributed by atoms with Gasteiger partial charge in [-0.05, 0) is 90.9 Å². The lowest BCUT2D eigenvalue weighted by Gasteiger charge is -2.27. The van der Waals surface area contributed by atoms with Crippen LogP contribution in [0.15, 0.2) is 9.85 Å². The number of halogens is 1. The highest BCUT2D eigenvalue weighted by molar-refractivity contribution is 9.11. The summed E-state index contributed by atoms with van der Waals surface area (Å²) < 4.78 is 1.28. The van der Waals surface area contributed by atoms with Gasteiger partial charge >= 0.3 is 0 Å². The van der Waals surface area contributed by atoms with Crippen molar-refractivity contribution < 1.29 is 0 Å². The highest BCUT2D eigenvalue weighted by Crippen LogP contribution is 2.51. The molecule has 3 heteroatoms. The van der Waals surface area contributed by atoms with Gasteiger partial charge < -0.3 is 5.32 Å². The van der Waals surface area contributed by atoms with Crippen LogP contribution in [-0.4, -0.2) is 6.54 Å². The minimum atomic E-state index is 0.571. The number of hydrogen-bond acceptors (Lipinski definition) is 2. The summed E-state index contributed by atoms with van der Waals surface area (Å²) in [5, 5.41) is 3.81. The second kappa shape index (κ2) is 6.50. The summed E-state index contributed by atoms with van der Waals surface area (Å²) in [5.41, 5.74) is 1.54. The molecule has 20 heavy (non-hydrogen) atoms. The van der Waals surface area contributed by atoms with E-state index >= 15 is 0 Å². The summed E-state index contributed by atoms with van der Waals surface area (Å²) >= 11 is 5.54. The van der Waals surface area contributed by atoms with Crippen molar-refractivity contribution in [2.45, 2.75) is 58.4 Å². The molecule has 2 bridgehead atoms. The molecule has 0 amide bonds. The Morgan fingerprint density at radius 3 is 2.80 bits per heavy atom. The Morgan fingerprint density at radius 2 is 2.25 bits per heavy atom. The smallest absolute Gasteiger partial charge is 0.0704 e. The first-order chi connectivity index (χ1) is 9.67. The van der Waals surface area contributed by atoms with Crippen LogP contribution in [-0.2, 0) is 0 Å². The molecule has 1 aromatic rings. The molecule has 2 fully saturated rings. The lowest BCUT2D eigenvalue weighted by Crippen LogP contribution is -2.26. The van der Waals surface area contributed by atoms with Gasteiger partial charge in [0.1, 0.15) is 0 Å². The average molecular weight is 356 g/mol. The molecule has 4 atom stereocenters. The Hall–Kier alpha value is 0.140. The van der Waals surface area contributed by atoms with E-state index in [1.165, 1.54) is 52.8 Å². The molecule has 0 aliphatic heterocycles. The monoisotopic (exact) mass is 355 g/mol. The van der Waals surface area contributed by atoms with Crippen molar-refractivity contribution in [3.8, 4) is 0 Å². The molecule has 0 spiro atoms. The fourth-order valence-electron chi connectivity index (χ4n) is 4.41. The van der Waals surface area contributed by atoms with Crippen molar-refractivity contribution in [1.82, 2.24) is 5.32 Å². The van der Waals surface area contributed by atoms with E-state index in [1.54, 1.807) is 0 Å². The summed E-state index contributed by atoms with van der Waals surface area (Å²) in [6, 6.07) is 2.92. The Balaban J connectivity index is 1.71. The molecular formula is C17H26BrNS. The van der Waals surface area contributed by atoms with Gasteiger partial charge in [-0.2, -0.15) is 0 Å². The van der Waals surface area contributed by atoms with Crippen LogP contribution in [0.1, 0.15) is 61.9 Å². The summed E-state index contributed by atoms with van der Waals surface area (Å²) in [7, 11) is 0. The third-order valence-electron chi connectivity index (χ3n) is 5.37. The Bertz CT molecular complexity index is 456. The molecule has 1 N–H and O–H groups in total. The highest BCUT2D eigenvalue weighted by atomic mass is 79.9. The second-order valence-corrected chi connectivity index (χ2v) is 9.37. The quantitative estimate of drug-likeness (QED) is 0.691. The molecule has 0 aromatic carbocycles. The lowest BCUT2D eigenvalue weighted by atomic mass is 9.83. The maximum absolute atomic E-state index is 3.81. The fraction of sp³-hybridized carbons (Fsp3) is 0.765. The summed E-state index contributed by atoms with van der Waals surface area (Å²) in [5.74, 6) is 3.07. The molecule has 0 radical (unpaired) electrons. The molecular weight excluding hydrogens is 330 g/mol. The fourth-order valence-corrected chi connectivity index (χ4v) is 6.18. The van der Waals surface area contributed by atoms with E-state index in [0.717, 1.165) is 24.3 Å². The van der Waals surface area contributed by atoms with Crippen molar-refractivity contribution in [1.29, 1.82) is 0 Å². The van der Waals surface area contributed by atoms with Gasteiger partial charge in [0.15, 0.2) is 0 Å². The molecule has 1 heterocycles. The largest absolute Gasteiger partial charge is 0.310 e. The third-order valence-corrected chi connectivity index (χ3v) is 6.93. The van der Waals surface area contributed by atoms with Gasteiger partial charge in [-0.25, -0.2) is 0 Å². The average Bonchev–Trinajstić information content (AvgIpc) is 3.10.